The summed E-state index contributed by atoms with van der Waals surface area (Å²) in [4.78, 5) is 5.49. The normalized spacial score (nSPS) is 9.89. The van der Waals surface area contributed by atoms with E-state index in [0.29, 0.717) is 11.6 Å². The molecule has 0 saturated carbocycles. The zero-order valence-electron chi connectivity index (χ0n) is 9.52. The molecule has 0 aliphatic rings. The maximum atomic E-state index is 6.05. The smallest absolute Gasteiger partial charge is 0.115 e. The molecular formula is C13H11ClN2S2. The Morgan fingerprint density at radius 2 is 2.39 bits per heavy atom. The van der Waals surface area contributed by atoms with E-state index in [0.717, 1.165) is 16.3 Å². The minimum atomic E-state index is 0.392. The van der Waals surface area contributed by atoms with Crippen molar-refractivity contribution in [2.24, 2.45) is 5.73 Å². The van der Waals surface area contributed by atoms with Crippen molar-refractivity contribution in [3.8, 4) is 11.8 Å². The van der Waals surface area contributed by atoms with Crippen LogP contribution in [0, 0.1) is 11.8 Å². The summed E-state index contributed by atoms with van der Waals surface area (Å²) >= 11 is 9.37. The number of thiophene rings is 1. The van der Waals surface area contributed by atoms with Crippen LogP contribution in [0.5, 0.6) is 0 Å². The minimum absolute atomic E-state index is 0.392. The SMILES string of the molecule is NCC#Cc1csc(CSc2ncccc2Cl)c1. The van der Waals surface area contributed by atoms with E-state index in [1.807, 2.05) is 17.5 Å². The predicted molar refractivity (Wildman–Crippen MR) is 79.1 cm³/mol. The second-order valence-corrected chi connectivity index (χ2v) is 5.75. The number of halogens is 1. The number of hydrogen-bond acceptors (Lipinski definition) is 4. The first-order chi connectivity index (χ1) is 8.79. The summed E-state index contributed by atoms with van der Waals surface area (Å²) in [5.74, 6) is 6.72. The van der Waals surface area contributed by atoms with Gasteiger partial charge in [0.2, 0.25) is 0 Å². The van der Waals surface area contributed by atoms with Crippen molar-refractivity contribution >= 4 is 34.7 Å². The van der Waals surface area contributed by atoms with Crippen molar-refractivity contribution in [2.45, 2.75) is 10.8 Å². The van der Waals surface area contributed by atoms with Gasteiger partial charge >= 0.3 is 0 Å². The molecule has 0 saturated heterocycles. The molecule has 0 radical (unpaired) electrons. The van der Waals surface area contributed by atoms with Gasteiger partial charge in [-0.3, -0.25) is 0 Å². The Hall–Kier alpha value is -0.990. The van der Waals surface area contributed by atoms with Crippen LogP contribution >= 0.6 is 34.7 Å². The molecule has 2 rings (SSSR count). The zero-order valence-corrected chi connectivity index (χ0v) is 11.9. The molecular weight excluding hydrogens is 284 g/mol. The van der Waals surface area contributed by atoms with Crippen LogP contribution in [0.1, 0.15) is 10.4 Å². The van der Waals surface area contributed by atoms with Gasteiger partial charge in [-0.1, -0.05) is 35.2 Å². The highest BCUT2D eigenvalue weighted by molar-refractivity contribution is 7.98. The van der Waals surface area contributed by atoms with Gasteiger partial charge in [-0.15, -0.1) is 11.3 Å². The minimum Gasteiger partial charge on any atom is -0.320 e. The maximum absolute atomic E-state index is 6.05. The maximum Gasteiger partial charge on any atom is 0.115 e. The molecule has 0 spiro atoms. The van der Waals surface area contributed by atoms with E-state index in [9.17, 15) is 0 Å². The Bertz CT molecular complexity index is 584. The first-order valence-corrected chi connectivity index (χ1v) is 7.53. The summed E-state index contributed by atoms with van der Waals surface area (Å²) in [5, 5.41) is 3.60. The van der Waals surface area contributed by atoms with Crippen LogP contribution in [0.2, 0.25) is 5.02 Å². The molecule has 2 heterocycles. The van der Waals surface area contributed by atoms with Gasteiger partial charge in [-0.25, -0.2) is 4.98 Å². The quantitative estimate of drug-likeness (QED) is 0.696. The largest absolute Gasteiger partial charge is 0.320 e. The van der Waals surface area contributed by atoms with Gasteiger partial charge in [-0.05, 0) is 18.2 Å². The first-order valence-electron chi connectivity index (χ1n) is 5.29. The van der Waals surface area contributed by atoms with Crippen molar-refractivity contribution in [2.75, 3.05) is 6.54 Å². The third-order valence-electron chi connectivity index (χ3n) is 2.06. The molecule has 2 aromatic heterocycles. The van der Waals surface area contributed by atoms with Gasteiger partial charge in [-0.2, -0.15) is 0 Å². The van der Waals surface area contributed by atoms with Crippen LogP contribution in [-0.2, 0) is 5.75 Å². The average Bonchev–Trinajstić information content (AvgIpc) is 2.83. The summed E-state index contributed by atoms with van der Waals surface area (Å²) in [6.07, 6.45) is 1.75. The molecule has 5 heteroatoms. The van der Waals surface area contributed by atoms with E-state index < -0.39 is 0 Å². The number of nitrogens with zero attached hydrogens (tertiary/aromatic N) is 1. The van der Waals surface area contributed by atoms with Crippen molar-refractivity contribution in [3.05, 3.63) is 45.2 Å². The van der Waals surface area contributed by atoms with Crippen LogP contribution in [0.15, 0.2) is 34.8 Å². The van der Waals surface area contributed by atoms with Crippen LogP contribution in [0.25, 0.3) is 0 Å². The van der Waals surface area contributed by atoms with Crippen molar-refractivity contribution in [1.82, 2.24) is 4.98 Å². The van der Waals surface area contributed by atoms with Gasteiger partial charge in [0.05, 0.1) is 11.6 Å². The lowest BCUT2D eigenvalue weighted by Gasteiger charge is -2.00. The van der Waals surface area contributed by atoms with Gasteiger partial charge in [0, 0.05) is 27.8 Å². The van der Waals surface area contributed by atoms with Crippen molar-refractivity contribution in [1.29, 1.82) is 0 Å². The number of pyridine rings is 1. The van der Waals surface area contributed by atoms with Crippen molar-refractivity contribution in [3.63, 3.8) is 0 Å². The lowest BCUT2D eigenvalue weighted by Crippen LogP contribution is -1.92. The zero-order chi connectivity index (χ0) is 12.8. The van der Waals surface area contributed by atoms with E-state index in [4.69, 9.17) is 17.3 Å². The Balaban J connectivity index is 1.98. The van der Waals surface area contributed by atoms with E-state index in [1.54, 1.807) is 29.3 Å². The number of aromatic nitrogens is 1. The first kappa shape index (κ1) is 13.4. The fourth-order valence-corrected chi connectivity index (χ4v) is 3.33. The number of hydrogen-bond donors (Lipinski definition) is 1. The molecule has 0 aliphatic carbocycles. The molecule has 18 heavy (non-hydrogen) atoms. The fourth-order valence-electron chi connectivity index (χ4n) is 1.29. The monoisotopic (exact) mass is 294 g/mol. The highest BCUT2D eigenvalue weighted by atomic mass is 35.5. The van der Waals surface area contributed by atoms with E-state index in [2.05, 4.69) is 22.9 Å². The summed E-state index contributed by atoms with van der Waals surface area (Å²) in [6.45, 7) is 0.392. The molecule has 0 unspecified atom stereocenters. The molecule has 0 aromatic carbocycles. The van der Waals surface area contributed by atoms with Crippen LogP contribution in [-0.4, -0.2) is 11.5 Å². The number of nitrogens with two attached hydrogens (primary N) is 1. The van der Waals surface area contributed by atoms with Gasteiger partial charge in [0.15, 0.2) is 0 Å². The summed E-state index contributed by atoms with van der Waals surface area (Å²) < 4.78 is 0. The molecule has 2 nitrogen and oxygen atoms in total. The Morgan fingerprint density at radius 1 is 1.50 bits per heavy atom. The van der Waals surface area contributed by atoms with Gasteiger partial charge in [0.25, 0.3) is 0 Å². The fraction of sp³-hybridized carbons (Fsp3) is 0.154. The molecule has 0 aliphatic heterocycles. The molecule has 0 atom stereocenters. The second-order valence-electron chi connectivity index (χ2n) is 3.39. The topological polar surface area (TPSA) is 38.9 Å². The predicted octanol–water partition coefficient (Wildman–Crippen LogP) is 3.40. The van der Waals surface area contributed by atoms with Gasteiger partial charge in [0.1, 0.15) is 5.03 Å². The van der Waals surface area contributed by atoms with E-state index in [1.165, 1.54) is 4.88 Å². The van der Waals surface area contributed by atoms with E-state index >= 15 is 0 Å². The summed E-state index contributed by atoms with van der Waals surface area (Å²) in [7, 11) is 0. The standard InChI is InChI=1S/C13H11ClN2S2/c14-12-4-2-6-16-13(12)18-9-11-7-10(8-17-11)3-1-5-15/h2,4,6-8H,5,9,15H2. The number of rotatable bonds is 3. The average molecular weight is 295 g/mol. The molecule has 0 fully saturated rings. The molecule has 0 amide bonds. The lowest BCUT2D eigenvalue weighted by atomic mass is 10.3. The molecule has 2 N–H and O–H groups in total. The highest BCUT2D eigenvalue weighted by Gasteiger charge is 2.04. The second kappa shape index (κ2) is 6.81. The molecule has 0 bridgehead atoms. The Kier molecular flexibility index (Phi) is 5.09. The summed E-state index contributed by atoms with van der Waals surface area (Å²) in [5.41, 5.74) is 6.36. The van der Waals surface area contributed by atoms with Crippen LogP contribution in [0.4, 0.5) is 0 Å². The third kappa shape index (κ3) is 3.76. The van der Waals surface area contributed by atoms with Crippen molar-refractivity contribution < 1.29 is 0 Å². The molecule has 2 aromatic rings. The Labute approximate surface area is 120 Å². The van der Waals surface area contributed by atoms with E-state index in [-0.39, 0.29) is 0 Å². The van der Waals surface area contributed by atoms with Gasteiger partial charge < -0.3 is 5.73 Å². The van der Waals surface area contributed by atoms with Crippen LogP contribution < -0.4 is 5.73 Å². The third-order valence-corrected chi connectivity index (χ3v) is 4.66. The Morgan fingerprint density at radius 3 is 3.17 bits per heavy atom. The summed E-state index contributed by atoms with van der Waals surface area (Å²) in [6, 6.07) is 5.76. The molecule has 92 valence electrons. The van der Waals surface area contributed by atoms with Crippen LogP contribution in [0.3, 0.4) is 0 Å². The highest BCUT2D eigenvalue weighted by Crippen LogP contribution is 2.29. The lowest BCUT2D eigenvalue weighted by molar-refractivity contribution is 1.13. The number of thioether (sulfide) groups is 1.